The first-order valence-corrected chi connectivity index (χ1v) is 3.75. The minimum atomic E-state index is -0.741. The van der Waals surface area contributed by atoms with Gasteiger partial charge >= 0.3 is 0 Å². The quantitative estimate of drug-likeness (QED) is 0.734. The van der Waals surface area contributed by atoms with Crippen LogP contribution in [0.1, 0.15) is 13.8 Å². The van der Waals surface area contributed by atoms with Gasteiger partial charge in [0.1, 0.15) is 0 Å². The van der Waals surface area contributed by atoms with Gasteiger partial charge in [-0.15, -0.1) is 0 Å². The number of aromatic nitrogens is 2. The minimum absolute atomic E-state index is 0.458. The van der Waals surface area contributed by atoms with Crippen molar-refractivity contribution < 1.29 is 5.11 Å². The summed E-state index contributed by atoms with van der Waals surface area (Å²) in [6.45, 7) is 3.91. The molecule has 3 nitrogen and oxygen atoms in total. The van der Waals surface area contributed by atoms with E-state index in [9.17, 15) is 5.11 Å². The standard InChI is InChI=1S/C7H11ClN2O/c1-7(2,11)5-10-4-6(8)3-9-10/h3-4,11H,5H2,1-2H3. The summed E-state index contributed by atoms with van der Waals surface area (Å²) in [6, 6.07) is 0. The molecule has 0 atom stereocenters. The van der Waals surface area contributed by atoms with Crippen LogP contribution in [-0.2, 0) is 6.54 Å². The molecule has 1 aromatic rings. The van der Waals surface area contributed by atoms with E-state index in [0.29, 0.717) is 11.6 Å². The third-order valence-electron chi connectivity index (χ3n) is 1.15. The molecule has 0 aliphatic carbocycles. The van der Waals surface area contributed by atoms with Crippen molar-refractivity contribution in [2.45, 2.75) is 26.0 Å². The second-order valence-corrected chi connectivity index (χ2v) is 3.61. The Labute approximate surface area is 70.6 Å². The molecule has 0 unspecified atom stereocenters. The molecule has 0 radical (unpaired) electrons. The first-order chi connectivity index (χ1) is 4.97. The van der Waals surface area contributed by atoms with Gasteiger partial charge in [0.25, 0.3) is 0 Å². The van der Waals surface area contributed by atoms with E-state index in [0.717, 1.165) is 0 Å². The predicted octanol–water partition coefficient (Wildman–Crippen LogP) is 1.31. The second kappa shape index (κ2) is 2.83. The summed E-state index contributed by atoms with van der Waals surface area (Å²) in [4.78, 5) is 0. The summed E-state index contributed by atoms with van der Waals surface area (Å²) in [7, 11) is 0. The van der Waals surface area contributed by atoms with Crippen LogP contribution in [-0.4, -0.2) is 20.5 Å². The van der Waals surface area contributed by atoms with Crippen LogP contribution in [0, 0.1) is 0 Å². The molecule has 62 valence electrons. The molecule has 0 saturated heterocycles. The molecule has 11 heavy (non-hydrogen) atoms. The lowest BCUT2D eigenvalue weighted by molar-refractivity contribution is 0.0577. The minimum Gasteiger partial charge on any atom is -0.389 e. The molecular formula is C7H11ClN2O. The third kappa shape index (κ3) is 2.91. The second-order valence-electron chi connectivity index (χ2n) is 3.17. The van der Waals surface area contributed by atoms with Gasteiger partial charge in [-0.05, 0) is 13.8 Å². The topological polar surface area (TPSA) is 38.0 Å². The Morgan fingerprint density at radius 1 is 1.73 bits per heavy atom. The lowest BCUT2D eigenvalue weighted by Gasteiger charge is -2.16. The molecule has 1 heterocycles. The van der Waals surface area contributed by atoms with Gasteiger partial charge in [-0.3, -0.25) is 4.68 Å². The summed E-state index contributed by atoms with van der Waals surface area (Å²) in [5.74, 6) is 0. The Kier molecular flexibility index (Phi) is 2.20. The molecular weight excluding hydrogens is 164 g/mol. The molecule has 0 amide bonds. The van der Waals surface area contributed by atoms with E-state index < -0.39 is 5.60 Å². The average molecular weight is 175 g/mol. The number of rotatable bonds is 2. The predicted molar refractivity (Wildman–Crippen MR) is 43.5 cm³/mol. The summed E-state index contributed by atoms with van der Waals surface area (Å²) in [5, 5.41) is 13.9. The van der Waals surface area contributed by atoms with Gasteiger partial charge in [-0.2, -0.15) is 5.10 Å². The van der Waals surface area contributed by atoms with Gasteiger partial charge in [0.05, 0.1) is 23.4 Å². The first-order valence-electron chi connectivity index (χ1n) is 3.38. The lowest BCUT2D eigenvalue weighted by atomic mass is 10.1. The summed E-state index contributed by atoms with van der Waals surface area (Å²) >= 11 is 5.62. The van der Waals surface area contributed by atoms with E-state index in [1.807, 2.05) is 0 Å². The number of hydrogen-bond acceptors (Lipinski definition) is 2. The molecule has 0 aliphatic heterocycles. The van der Waals surface area contributed by atoms with Crippen LogP contribution < -0.4 is 0 Å². The Morgan fingerprint density at radius 2 is 2.36 bits per heavy atom. The van der Waals surface area contributed by atoms with Crippen molar-refractivity contribution in [1.29, 1.82) is 0 Å². The van der Waals surface area contributed by atoms with Crippen molar-refractivity contribution in [2.75, 3.05) is 0 Å². The first kappa shape index (κ1) is 8.56. The molecule has 1 rings (SSSR count). The van der Waals surface area contributed by atoms with Crippen molar-refractivity contribution in [3.63, 3.8) is 0 Å². The molecule has 0 aliphatic rings. The van der Waals surface area contributed by atoms with E-state index in [4.69, 9.17) is 11.6 Å². The van der Waals surface area contributed by atoms with E-state index in [1.165, 1.54) is 0 Å². The highest BCUT2D eigenvalue weighted by molar-refractivity contribution is 6.30. The van der Waals surface area contributed by atoms with Gasteiger partial charge in [-0.25, -0.2) is 0 Å². The van der Waals surface area contributed by atoms with E-state index >= 15 is 0 Å². The van der Waals surface area contributed by atoms with Gasteiger partial charge in [-0.1, -0.05) is 11.6 Å². The van der Waals surface area contributed by atoms with Crippen LogP contribution in [0.3, 0.4) is 0 Å². The molecule has 0 spiro atoms. The number of aliphatic hydroxyl groups is 1. The summed E-state index contributed by atoms with van der Waals surface area (Å²) in [6.07, 6.45) is 3.23. The largest absolute Gasteiger partial charge is 0.389 e. The van der Waals surface area contributed by atoms with Crippen molar-refractivity contribution >= 4 is 11.6 Å². The normalized spacial score (nSPS) is 12.0. The zero-order valence-corrected chi connectivity index (χ0v) is 7.34. The maximum Gasteiger partial charge on any atom is 0.0786 e. The van der Waals surface area contributed by atoms with E-state index in [-0.39, 0.29) is 0 Å². The maximum absolute atomic E-state index is 9.38. The summed E-state index contributed by atoms with van der Waals surface area (Å²) < 4.78 is 1.61. The Morgan fingerprint density at radius 3 is 2.73 bits per heavy atom. The van der Waals surface area contributed by atoms with E-state index in [1.54, 1.807) is 30.9 Å². The van der Waals surface area contributed by atoms with Crippen LogP contribution in [0.25, 0.3) is 0 Å². The monoisotopic (exact) mass is 174 g/mol. The number of halogens is 1. The maximum atomic E-state index is 9.38. The number of nitrogens with zero attached hydrogens (tertiary/aromatic N) is 2. The van der Waals surface area contributed by atoms with Crippen molar-refractivity contribution in [3.8, 4) is 0 Å². The molecule has 1 N–H and O–H groups in total. The highest BCUT2D eigenvalue weighted by Gasteiger charge is 2.13. The fraction of sp³-hybridized carbons (Fsp3) is 0.571. The fourth-order valence-corrected chi connectivity index (χ4v) is 0.978. The van der Waals surface area contributed by atoms with E-state index in [2.05, 4.69) is 5.10 Å². The summed E-state index contributed by atoms with van der Waals surface area (Å²) in [5.41, 5.74) is -0.741. The highest BCUT2D eigenvalue weighted by atomic mass is 35.5. The molecule has 0 bridgehead atoms. The van der Waals surface area contributed by atoms with Gasteiger partial charge in [0.15, 0.2) is 0 Å². The molecule has 0 fully saturated rings. The van der Waals surface area contributed by atoms with Gasteiger partial charge in [0, 0.05) is 6.20 Å². The van der Waals surface area contributed by atoms with Gasteiger partial charge < -0.3 is 5.11 Å². The SMILES string of the molecule is CC(C)(O)Cn1cc(Cl)cn1. The van der Waals surface area contributed by atoms with Crippen molar-refractivity contribution in [2.24, 2.45) is 0 Å². The Hall–Kier alpha value is -0.540. The average Bonchev–Trinajstić information content (AvgIpc) is 2.10. The Bertz CT molecular complexity index is 239. The molecule has 0 aromatic carbocycles. The molecule has 4 heteroatoms. The van der Waals surface area contributed by atoms with Gasteiger partial charge in [0.2, 0.25) is 0 Å². The highest BCUT2D eigenvalue weighted by Crippen LogP contribution is 2.09. The molecule has 1 aromatic heterocycles. The third-order valence-corrected chi connectivity index (χ3v) is 1.35. The zero-order chi connectivity index (χ0) is 8.48. The van der Waals surface area contributed by atoms with Crippen LogP contribution in [0.4, 0.5) is 0 Å². The molecule has 0 saturated carbocycles. The Balaban J connectivity index is 2.65. The van der Waals surface area contributed by atoms with Crippen LogP contribution >= 0.6 is 11.6 Å². The smallest absolute Gasteiger partial charge is 0.0786 e. The van der Waals surface area contributed by atoms with Crippen molar-refractivity contribution in [3.05, 3.63) is 17.4 Å². The zero-order valence-electron chi connectivity index (χ0n) is 6.58. The van der Waals surface area contributed by atoms with Crippen molar-refractivity contribution in [1.82, 2.24) is 9.78 Å². The van der Waals surface area contributed by atoms with Crippen LogP contribution in [0.5, 0.6) is 0 Å². The van der Waals surface area contributed by atoms with Crippen LogP contribution in [0.15, 0.2) is 12.4 Å². The number of hydrogen-bond donors (Lipinski definition) is 1. The van der Waals surface area contributed by atoms with Crippen LogP contribution in [0.2, 0.25) is 5.02 Å². The fourth-order valence-electron chi connectivity index (χ4n) is 0.821. The lowest BCUT2D eigenvalue weighted by Crippen LogP contribution is -2.26.